The molecule has 0 radical (unpaired) electrons. The van der Waals surface area contributed by atoms with E-state index in [1.807, 2.05) is 18.5 Å². The van der Waals surface area contributed by atoms with E-state index in [2.05, 4.69) is 24.1 Å². The third-order valence-electron chi connectivity index (χ3n) is 8.47. The number of fused-ring (bicyclic) bond motifs is 1. The molecular formula is C33H37N3O11. The molecule has 9 N–H and O–H groups in total. The standard InChI is InChI=1S/C33H37N3O11/c1-16(2)19(11-17-9-10-35-13-17)14-36-15-33(44)29(40)26(39)28(31(42)43)47-32(33)45-21-7-8-22-23(12-21)46-27(30(34)41)24(25(22)38)18-3-5-20(37)6-4-18/h3-10,12-13,16,19,26,28-29,32,35-37,39-40,44H,11,14-15H2,1-2H3,(H2,34,41)(H,42,43). The van der Waals surface area contributed by atoms with Gasteiger partial charge in [0.05, 0.1) is 10.9 Å². The van der Waals surface area contributed by atoms with Crippen LogP contribution in [0.3, 0.4) is 0 Å². The average Bonchev–Trinajstić information content (AvgIpc) is 3.54. The highest BCUT2D eigenvalue weighted by molar-refractivity contribution is 5.99. The molecule has 1 aliphatic heterocycles. The van der Waals surface area contributed by atoms with Crippen LogP contribution in [0.4, 0.5) is 0 Å². The predicted octanol–water partition coefficient (Wildman–Crippen LogP) is 1.34. The number of aliphatic carboxylic acids is 1. The summed E-state index contributed by atoms with van der Waals surface area (Å²) in [5, 5.41) is 55.7. The number of phenols is 1. The van der Waals surface area contributed by atoms with Crippen LogP contribution in [0.1, 0.15) is 30.0 Å². The lowest BCUT2D eigenvalue weighted by Crippen LogP contribution is -2.71. The smallest absolute Gasteiger partial charge is 0.335 e. The predicted molar refractivity (Wildman–Crippen MR) is 168 cm³/mol. The zero-order valence-electron chi connectivity index (χ0n) is 25.6. The van der Waals surface area contributed by atoms with Gasteiger partial charge in [-0.05, 0) is 66.3 Å². The van der Waals surface area contributed by atoms with Crippen molar-refractivity contribution in [2.24, 2.45) is 17.6 Å². The first-order valence-corrected chi connectivity index (χ1v) is 15.0. The molecule has 1 amide bonds. The molecule has 1 saturated heterocycles. The summed E-state index contributed by atoms with van der Waals surface area (Å²) >= 11 is 0. The first kappa shape index (κ1) is 33.6. The van der Waals surface area contributed by atoms with E-state index in [0.717, 1.165) is 12.0 Å². The summed E-state index contributed by atoms with van der Waals surface area (Å²) in [5.74, 6) is -2.88. The van der Waals surface area contributed by atoms with Crippen molar-refractivity contribution in [1.82, 2.24) is 10.3 Å². The summed E-state index contributed by atoms with van der Waals surface area (Å²) in [6.45, 7) is 4.14. The molecule has 0 spiro atoms. The number of hydrogen-bond acceptors (Lipinski definition) is 11. The van der Waals surface area contributed by atoms with E-state index in [1.165, 1.54) is 42.5 Å². The molecule has 3 heterocycles. The highest BCUT2D eigenvalue weighted by Crippen LogP contribution is 2.34. The van der Waals surface area contributed by atoms with Crippen LogP contribution in [0.2, 0.25) is 0 Å². The lowest BCUT2D eigenvalue weighted by atomic mass is 9.85. The lowest BCUT2D eigenvalue weighted by molar-refractivity contribution is -0.311. The Bertz CT molecular complexity index is 1790. The first-order chi connectivity index (χ1) is 22.3. The number of ether oxygens (including phenoxy) is 2. The van der Waals surface area contributed by atoms with Gasteiger partial charge in [-0.25, -0.2) is 4.79 Å². The number of aromatic hydroxyl groups is 1. The number of rotatable bonds is 12. The molecule has 6 atom stereocenters. The number of benzene rings is 2. The second-order valence-electron chi connectivity index (χ2n) is 12.0. The van der Waals surface area contributed by atoms with Gasteiger partial charge in [0.15, 0.2) is 11.7 Å². The van der Waals surface area contributed by atoms with Crippen molar-refractivity contribution in [1.29, 1.82) is 0 Å². The molecule has 1 fully saturated rings. The largest absolute Gasteiger partial charge is 0.508 e. The molecule has 47 heavy (non-hydrogen) atoms. The summed E-state index contributed by atoms with van der Waals surface area (Å²) in [6, 6.07) is 11.4. The number of H-pyrrole nitrogens is 1. The van der Waals surface area contributed by atoms with Crippen molar-refractivity contribution < 1.29 is 49.0 Å². The van der Waals surface area contributed by atoms with Gasteiger partial charge in [-0.1, -0.05) is 26.0 Å². The minimum Gasteiger partial charge on any atom is -0.508 e. The molecule has 6 unspecified atom stereocenters. The number of carbonyl (C=O) groups is 2. The number of aromatic nitrogens is 1. The van der Waals surface area contributed by atoms with Gasteiger partial charge in [-0.15, -0.1) is 0 Å². The second-order valence-corrected chi connectivity index (χ2v) is 12.0. The third-order valence-corrected chi connectivity index (χ3v) is 8.47. The van der Waals surface area contributed by atoms with Crippen molar-refractivity contribution in [2.45, 2.75) is 50.5 Å². The Labute approximate surface area is 268 Å². The molecule has 250 valence electrons. The van der Waals surface area contributed by atoms with Crippen LogP contribution < -0.4 is 21.2 Å². The number of primary amides is 1. The van der Waals surface area contributed by atoms with Crippen molar-refractivity contribution in [3.05, 3.63) is 82.5 Å². The van der Waals surface area contributed by atoms with Gasteiger partial charge in [-0.3, -0.25) is 9.59 Å². The van der Waals surface area contributed by atoms with E-state index in [4.69, 9.17) is 19.6 Å². The van der Waals surface area contributed by atoms with Crippen LogP contribution in [0.25, 0.3) is 22.1 Å². The summed E-state index contributed by atoms with van der Waals surface area (Å²) in [5.41, 5.74) is 3.71. The van der Waals surface area contributed by atoms with Crippen LogP contribution in [0, 0.1) is 11.8 Å². The number of nitrogens with two attached hydrogens (primary N) is 1. The Kier molecular flexibility index (Phi) is 9.70. The number of phenolic OH excluding ortho intramolecular Hbond substituents is 1. The average molecular weight is 652 g/mol. The molecule has 0 aliphatic carbocycles. The highest BCUT2D eigenvalue weighted by Gasteiger charge is 2.58. The number of carbonyl (C=O) groups excluding carboxylic acids is 1. The molecule has 1 aliphatic rings. The Morgan fingerprint density at radius 3 is 2.47 bits per heavy atom. The van der Waals surface area contributed by atoms with Crippen molar-refractivity contribution in [3.8, 4) is 22.6 Å². The lowest BCUT2D eigenvalue weighted by Gasteiger charge is -2.47. The van der Waals surface area contributed by atoms with Crippen molar-refractivity contribution >= 4 is 22.8 Å². The molecule has 0 saturated carbocycles. The summed E-state index contributed by atoms with van der Waals surface area (Å²) in [6.07, 6.45) is -3.34. The Balaban J connectivity index is 1.45. The van der Waals surface area contributed by atoms with Crippen LogP contribution in [-0.4, -0.2) is 85.7 Å². The van der Waals surface area contributed by atoms with Gasteiger partial charge in [-0.2, -0.15) is 0 Å². The SMILES string of the molecule is CC(C)C(CNCC1(O)C(Oc2ccc3c(=O)c(-c4ccc(O)cc4)c(C(N)=O)oc3c2)OC(C(=O)O)C(O)C1O)Cc1cc[nH]c1. The monoisotopic (exact) mass is 651 g/mol. The summed E-state index contributed by atoms with van der Waals surface area (Å²) in [4.78, 5) is 40.7. The van der Waals surface area contributed by atoms with E-state index in [-0.39, 0.29) is 52.0 Å². The van der Waals surface area contributed by atoms with E-state index < -0.39 is 53.3 Å². The number of aromatic amines is 1. The van der Waals surface area contributed by atoms with Gasteiger partial charge < -0.3 is 55.5 Å². The second kappa shape index (κ2) is 13.6. The maximum absolute atomic E-state index is 13.5. The molecule has 14 heteroatoms. The number of nitrogens with one attached hydrogen (secondary N) is 2. The topological polar surface area (TPSA) is 238 Å². The quantitative estimate of drug-likeness (QED) is 0.108. The molecule has 2 aromatic carbocycles. The van der Waals surface area contributed by atoms with Crippen LogP contribution in [-0.2, 0) is 16.0 Å². The van der Waals surface area contributed by atoms with Gasteiger partial charge in [0.25, 0.3) is 5.91 Å². The van der Waals surface area contributed by atoms with Crippen LogP contribution in [0.5, 0.6) is 11.5 Å². The normalized spacial score (nSPS) is 23.5. The maximum Gasteiger partial charge on any atom is 0.335 e. The van der Waals surface area contributed by atoms with Crippen molar-refractivity contribution in [2.75, 3.05) is 13.1 Å². The van der Waals surface area contributed by atoms with Gasteiger partial charge in [0.1, 0.15) is 29.3 Å². The zero-order valence-corrected chi connectivity index (χ0v) is 25.6. The van der Waals surface area contributed by atoms with E-state index in [0.29, 0.717) is 6.54 Å². The summed E-state index contributed by atoms with van der Waals surface area (Å²) < 4.78 is 17.1. The number of carboxylic acids is 1. The van der Waals surface area contributed by atoms with Gasteiger partial charge >= 0.3 is 5.97 Å². The fraction of sp³-hybridized carbons (Fsp3) is 0.364. The molecule has 2 aromatic heterocycles. The summed E-state index contributed by atoms with van der Waals surface area (Å²) in [7, 11) is 0. The zero-order chi connectivity index (χ0) is 34.0. The highest BCUT2D eigenvalue weighted by atomic mass is 16.7. The first-order valence-electron chi connectivity index (χ1n) is 15.0. The van der Waals surface area contributed by atoms with Gasteiger partial charge in [0, 0.05) is 25.0 Å². The number of carboxylic acid groups (broad SMARTS) is 1. The molecule has 4 aromatic rings. The Morgan fingerprint density at radius 1 is 1.13 bits per heavy atom. The Morgan fingerprint density at radius 2 is 1.85 bits per heavy atom. The minimum atomic E-state index is -2.35. The fourth-order valence-electron chi connectivity index (χ4n) is 5.68. The fourth-order valence-corrected chi connectivity index (χ4v) is 5.68. The number of hydrogen-bond donors (Lipinski definition) is 8. The van der Waals surface area contributed by atoms with Crippen LogP contribution >= 0.6 is 0 Å². The van der Waals surface area contributed by atoms with E-state index >= 15 is 0 Å². The van der Waals surface area contributed by atoms with Crippen molar-refractivity contribution in [3.63, 3.8) is 0 Å². The third kappa shape index (κ3) is 6.87. The van der Waals surface area contributed by atoms with Crippen LogP contribution in [0.15, 0.2) is 70.1 Å². The molecule has 14 nitrogen and oxygen atoms in total. The van der Waals surface area contributed by atoms with E-state index in [1.54, 1.807) is 0 Å². The number of amides is 1. The molecule has 0 bridgehead atoms. The Hall–Kier alpha value is -4.73. The number of aliphatic hydroxyl groups is 3. The maximum atomic E-state index is 13.5. The minimum absolute atomic E-state index is 0.0351. The number of aliphatic hydroxyl groups excluding tert-OH is 2. The molecular weight excluding hydrogens is 614 g/mol. The van der Waals surface area contributed by atoms with E-state index in [9.17, 15) is 39.9 Å². The van der Waals surface area contributed by atoms with Gasteiger partial charge in [0.2, 0.25) is 17.5 Å². The molecule has 5 rings (SSSR count).